The highest BCUT2D eigenvalue weighted by molar-refractivity contribution is 8.00. The fourth-order valence-electron chi connectivity index (χ4n) is 3.97. The molecule has 6 heteroatoms. The first-order valence-corrected chi connectivity index (χ1v) is 11.6. The zero-order valence-corrected chi connectivity index (χ0v) is 18.4. The van der Waals surface area contributed by atoms with Gasteiger partial charge in [0.15, 0.2) is 0 Å². The molecule has 0 unspecified atom stereocenters. The summed E-state index contributed by atoms with van der Waals surface area (Å²) in [6, 6.07) is 14.2. The number of aryl methyl sites for hydroxylation is 1. The number of ether oxygens (including phenoxy) is 1. The van der Waals surface area contributed by atoms with Crippen LogP contribution in [0.4, 0.5) is 0 Å². The quantitative estimate of drug-likeness (QED) is 0.440. The Morgan fingerprint density at radius 2 is 1.80 bits per heavy atom. The van der Waals surface area contributed by atoms with Crippen LogP contribution in [-0.2, 0) is 20.7 Å². The fourth-order valence-corrected chi connectivity index (χ4v) is 4.76. The monoisotopic (exact) mass is 426 g/mol. The molecule has 160 valence electrons. The van der Waals surface area contributed by atoms with Gasteiger partial charge in [-0.15, -0.1) is 11.8 Å². The average Bonchev–Trinajstić information content (AvgIpc) is 2.79. The van der Waals surface area contributed by atoms with Crippen molar-refractivity contribution in [3.05, 3.63) is 60.4 Å². The first-order chi connectivity index (χ1) is 14.6. The minimum Gasteiger partial charge on any atom is -0.466 e. The van der Waals surface area contributed by atoms with Gasteiger partial charge in [0.2, 0.25) is 5.91 Å². The molecule has 5 nitrogen and oxygen atoms in total. The summed E-state index contributed by atoms with van der Waals surface area (Å²) in [6.45, 7) is 3.47. The normalized spacial score (nSPS) is 15.6. The highest BCUT2D eigenvalue weighted by Gasteiger charge is 2.42. The van der Waals surface area contributed by atoms with Gasteiger partial charge in [0.1, 0.15) is 0 Å². The summed E-state index contributed by atoms with van der Waals surface area (Å²) in [4.78, 5) is 32.4. The number of amides is 1. The van der Waals surface area contributed by atoms with E-state index in [2.05, 4.69) is 17.1 Å². The van der Waals surface area contributed by atoms with Gasteiger partial charge in [-0.25, -0.2) is 0 Å². The molecule has 1 aromatic heterocycles. The highest BCUT2D eigenvalue weighted by atomic mass is 32.2. The Labute approximate surface area is 183 Å². The molecule has 1 amide bonds. The predicted molar refractivity (Wildman–Crippen MR) is 119 cm³/mol. The van der Waals surface area contributed by atoms with E-state index in [4.69, 9.17) is 4.74 Å². The standard InChI is InChI=1S/C24H30N2O3S/c1-2-29-23(28)24(12-6-9-20-7-4-3-5-8-20)13-17-26(18-14-24)22(27)19-30-21-10-15-25-16-11-21/h3-5,7-8,10-11,15-16H,2,6,9,12-14,17-19H2,1H3. The van der Waals surface area contributed by atoms with Crippen molar-refractivity contribution in [2.75, 3.05) is 25.4 Å². The third-order valence-corrected chi connectivity index (χ3v) is 6.75. The third kappa shape index (κ3) is 6.08. The molecular weight excluding hydrogens is 396 g/mol. The maximum Gasteiger partial charge on any atom is 0.312 e. The molecule has 2 aromatic rings. The van der Waals surface area contributed by atoms with Crippen LogP contribution in [0.2, 0.25) is 0 Å². The summed E-state index contributed by atoms with van der Waals surface area (Å²) in [5.41, 5.74) is 0.817. The summed E-state index contributed by atoms with van der Waals surface area (Å²) < 4.78 is 5.44. The molecule has 1 aliphatic heterocycles. The lowest BCUT2D eigenvalue weighted by atomic mass is 9.74. The Bertz CT molecular complexity index is 806. The maximum absolute atomic E-state index is 12.8. The lowest BCUT2D eigenvalue weighted by Crippen LogP contribution is -2.47. The molecule has 3 rings (SSSR count). The second-order valence-electron chi connectivity index (χ2n) is 7.69. The SMILES string of the molecule is CCOC(=O)C1(CCCc2ccccc2)CCN(C(=O)CSc2ccncc2)CC1. The van der Waals surface area contributed by atoms with Gasteiger partial charge in [-0.05, 0) is 56.7 Å². The fraction of sp³-hybridized carbons (Fsp3) is 0.458. The number of nitrogens with zero attached hydrogens (tertiary/aromatic N) is 2. The summed E-state index contributed by atoms with van der Waals surface area (Å²) in [6.07, 6.45) is 7.50. The Morgan fingerprint density at radius 1 is 1.10 bits per heavy atom. The second-order valence-corrected chi connectivity index (χ2v) is 8.74. The Kier molecular flexibility index (Phi) is 8.31. The van der Waals surface area contributed by atoms with Crippen molar-refractivity contribution in [3.63, 3.8) is 0 Å². The van der Waals surface area contributed by atoms with E-state index in [9.17, 15) is 9.59 Å². The molecule has 1 aliphatic rings. The van der Waals surface area contributed by atoms with Crippen LogP contribution >= 0.6 is 11.8 Å². The summed E-state index contributed by atoms with van der Waals surface area (Å²) in [7, 11) is 0. The van der Waals surface area contributed by atoms with Crippen LogP contribution in [0, 0.1) is 5.41 Å². The minimum absolute atomic E-state index is 0.101. The number of thioether (sulfide) groups is 1. The smallest absolute Gasteiger partial charge is 0.312 e. The van der Waals surface area contributed by atoms with Gasteiger partial charge in [-0.2, -0.15) is 0 Å². The van der Waals surface area contributed by atoms with Crippen LogP contribution in [0.5, 0.6) is 0 Å². The molecule has 1 saturated heterocycles. The maximum atomic E-state index is 12.8. The molecule has 30 heavy (non-hydrogen) atoms. The predicted octanol–water partition coefficient (Wildman–Crippen LogP) is 4.37. The number of likely N-dealkylation sites (tertiary alicyclic amines) is 1. The Balaban J connectivity index is 1.54. The molecule has 0 radical (unpaired) electrons. The van der Waals surface area contributed by atoms with Crippen LogP contribution in [0.3, 0.4) is 0 Å². The first-order valence-electron chi connectivity index (χ1n) is 10.6. The van der Waals surface area contributed by atoms with Crippen LogP contribution in [0.25, 0.3) is 0 Å². The highest BCUT2D eigenvalue weighted by Crippen LogP contribution is 2.38. The summed E-state index contributed by atoms with van der Waals surface area (Å²) >= 11 is 1.53. The average molecular weight is 427 g/mol. The zero-order chi connectivity index (χ0) is 21.2. The van der Waals surface area contributed by atoms with E-state index in [0.717, 1.165) is 24.2 Å². The number of hydrogen-bond donors (Lipinski definition) is 0. The number of pyridine rings is 1. The van der Waals surface area contributed by atoms with Gasteiger partial charge in [0.25, 0.3) is 0 Å². The van der Waals surface area contributed by atoms with Crippen LogP contribution < -0.4 is 0 Å². The Morgan fingerprint density at radius 3 is 2.47 bits per heavy atom. The van der Waals surface area contributed by atoms with Crippen molar-refractivity contribution in [2.24, 2.45) is 5.41 Å². The van der Waals surface area contributed by atoms with Crippen LogP contribution in [-0.4, -0.2) is 47.2 Å². The lowest BCUT2D eigenvalue weighted by Gasteiger charge is -2.40. The van der Waals surface area contributed by atoms with Gasteiger partial charge in [-0.1, -0.05) is 30.3 Å². The molecular formula is C24H30N2O3S. The molecule has 0 saturated carbocycles. The molecule has 0 N–H and O–H groups in total. The van der Waals surface area contributed by atoms with Gasteiger partial charge in [0.05, 0.1) is 17.8 Å². The molecule has 1 aromatic carbocycles. The van der Waals surface area contributed by atoms with Crippen molar-refractivity contribution in [2.45, 2.75) is 43.9 Å². The van der Waals surface area contributed by atoms with Crippen LogP contribution in [0.15, 0.2) is 59.8 Å². The van der Waals surface area contributed by atoms with Gasteiger partial charge in [0, 0.05) is 30.4 Å². The molecule has 0 bridgehead atoms. The summed E-state index contributed by atoms with van der Waals surface area (Å²) in [5, 5.41) is 0. The zero-order valence-electron chi connectivity index (χ0n) is 17.6. The van der Waals surface area contributed by atoms with Gasteiger partial charge >= 0.3 is 5.97 Å². The third-order valence-electron chi connectivity index (χ3n) is 5.76. The number of hydrogen-bond acceptors (Lipinski definition) is 5. The number of rotatable bonds is 9. The first kappa shape index (κ1) is 22.3. The largest absolute Gasteiger partial charge is 0.466 e. The van der Waals surface area contributed by atoms with Gasteiger partial charge < -0.3 is 9.64 Å². The molecule has 0 spiro atoms. The van der Waals surface area contributed by atoms with E-state index in [1.54, 1.807) is 12.4 Å². The molecule has 2 heterocycles. The van der Waals surface area contributed by atoms with Crippen molar-refractivity contribution < 1.29 is 14.3 Å². The number of piperidine rings is 1. The van der Waals surface area contributed by atoms with E-state index in [-0.39, 0.29) is 11.9 Å². The van der Waals surface area contributed by atoms with E-state index in [1.165, 1.54) is 17.3 Å². The number of carbonyl (C=O) groups excluding carboxylic acids is 2. The van der Waals surface area contributed by atoms with Crippen molar-refractivity contribution in [1.82, 2.24) is 9.88 Å². The van der Waals surface area contributed by atoms with Crippen molar-refractivity contribution in [3.8, 4) is 0 Å². The number of esters is 1. The van der Waals surface area contributed by atoms with E-state index < -0.39 is 5.41 Å². The van der Waals surface area contributed by atoms with Crippen molar-refractivity contribution in [1.29, 1.82) is 0 Å². The van der Waals surface area contributed by atoms with Gasteiger partial charge in [-0.3, -0.25) is 14.6 Å². The number of carbonyl (C=O) groups is 2. The van der Waals surface area contributed by atoms with E-state index in [0.29, 0.717) is 38.3 Å². The van der Waals surface area contributed by atoms with Crippen molar-refractivity contribution >= 4 is 23.6 Å². The lowest BCUT2D eigenvalue weighted by molar-refractivity contribution is -0.160. The second kappa shape index (κ2) is 11.2. The number of aromatic nitrogens is 1. The molecule has 0 aliphatic carbocycles. The Hall–Kier alpha value is -2.34. The topological polar surface area (TPSA) is 59.5 Å². The van der Waals surface area contributed by atoms with E-state index >= 15 is 0 Å². The van der Waals surface area contributed by atoms with E-state index in [1.807, 2.05) is 42.2 Å². The molecule has 1 fully saturated rings. The minimum atomic E-state index is -0.472. The summed E-state index contributed by atoms with van der Waals surface area (Å²) in [5.74, 6) is 0.430. The molecule has 0 atom stereocenters. The number of benzene rings is 1. The van der Waals surface area contributed by atoms with Crippen LogP contribution in [0.1, 0.15) is 38.2 Å².